The fourth-order valence-electron chi connectivity index (χ4n) is 1.36. The Bertz CT molecular complexity index is 613. The van der Waals surface area contributed by atoms with Crippen LogP contribution in [-0.2, 0) is 0 Å². The van der Waals surface area contributed by atoms with Crippen LogP contribution in [0, 0.1) is 18.6 Å². The molecular formula is C11H8F2N2O2S. The molecule has 4 nitrogen and oxygen atoms in total. The zero-order valence-electron chi connectivity index (χ0n) is 9.20. The van der Waals surface area contributed by atoms with E-state index in [0.29, 0.717) is 5.69 Å². The highest BCUT2D eigenvalue weighted by Crippen LogP contribution is 2.27. The SMILES string of the molecule is Cc1nc(Nc2cc(F)ccc2F)sc1C(=O)O. The lowest BCUT2D eigenvalue weighted by Crippen LogP contribution is -1.94. The number of rotatable bonds is 3. The van der Waals surface area contributed by atoms with E-state index < -0.39 is 17.6 Å². The van der Waals surface area contributed by atoms with E-state index in [1.165, 1.54) is 6.92 Å². The van der Waals surface area contributed by atoms with Crippen LogP contribution in [0.1, 0.15) is 15.4 Å². The van der Waals surface area contributed by atoms with Gasteiger partial charge in [-0.15, -0.1) is 0 Å². The highest BCUT2D eigenvalue weighted by molar-refractivity contribution is 7.17. The molecule has 0 saturated heterocycles. The van der Waals surface area contributed by atoms with Crippen LogP contribution in [0.5, 0.6) is 0 Å². The lowest BCUT2D eigenvalue weighted by Gasteiger charge is -2.03. The minimum Gasteiger partial charge on any atom is -0.477 e. The van der Waals surface area contributed by atoms with E-state index in [0.717, 1.165) is 29.5 Å². The summed E-state index contributed by atoms with van der Waals surface area (Å²) >= 11 is 0.866. The fraction of sp³-hybridized carbons (Fsp3) is 0.0909. The minimum atomic E-state index is -1.10. The molecule has 0 radical (unpaired) electrons. The number of carboxylic acids is 1. The molecule has 0 bridgehead atoms. The Hall–Kier alpha value is -2.02. The second kappa shape index (κ2) is 4.69. The van der Waals surface area contributed by atoms with E-state index in [1.54, 1.807) is 0 Å². The number of halogens is 2. The number of carboxylic acid groups (broad SMARTS) is 1. The molecule has 94 valence electrons. The summed E-state index contributed by atoms with van der Waals surface area (Å²) in [5.74, 6) is -2.33. The first-order valence-electron chi connectivity index (χ1n) is 4.90. The second-order valence-corrected chi connectivity index (χ2v) is 4.49. The van der Waals surface area contributed by atoms with Crippen molar-refractivity contribution >= 4 is 28.1 Å². The summed E-state index contributed by atoms with van der Waals surface area (Å²) < 4.78 is 26.3. The lowest BCUT2D eigenvalue weighted by atomic mass is 10.3. The summed E-state index contributed by atoms with van der Waals surface area (Å²) in [6, 6.07) is 2.96. The molecule has 0 aliphatic carbocycles. The third-order valence-electron chi connectivity index (χ3n) is 2.16. The van der Waals surface area contributed by atoms with Crippen molar-refractivity contribution in [1.29, 1.82) is 0 Å². The summed E-state index contributed by atoms with van der Waals surface area (Å²) in [5, 5.41) is 11.6. The van der Waals surface area contributed by atoms with Crippen LogP contribution in [0.2, 0.25) is 0 Å². The van der Waals surface area contributed by atoms with Gasteiger partial charge in [0.15, 0.2) is 5.13 Å². The van der Waals surface area contributed by atoms with E-state index in [2.05, 4.69) is 10.3 Å². The standard InChI is InChI=1S/C11H8F2N2O2S/c1-5-9(10(16)17)18-11(14-5)15-8-4-6(12)2-3-7(8)13/h2-4H,1H3,(H,14,15)(H,16,17). The Balaban J connectivity index is 2.31. The van der Waals surface area contributed by atoms with Gasteiger partial charge in [-0.05, 0) is 19.1 Å². The predicted molar refractivity (Wildman–Crippen MR) is 63.5 cm³/mol. The lowest BCUT2D eigenvalue weighted by molar-refractivity contribution is 0.0701. The van der Waals surface area contributed by atoms with Crippen molar-refractivity contribution in [2.75, 3.05) is 5.32 Å². The third kappa shape index (κ3) is 2.45. The van der Waals surface area contributed by atoms with E-state index in [4.69, 9.17) is 5.11 Å². The van der Waals surface area contributed by atoms with Crippen molar-refractivity contribution in [2.24, 2.45) is 0 Å². The molecule has 18 heavy (non-hydrogen) atoms. The van der Waals surface area contributed by atoms with Gasteiger partial charge in [0.1, 0.15) is 16.5 Å². The fourth-order valence-corrected chi connectivity index (χ4v) is 2.17. The molecule has 0 fully saturated rings. The Kier molecular flexibility index (Phi) is 3.24. The van der Waals surface area contributed by atoms with Crippen LogP contribution in [-0.4, -0.2) is 16.1 Å². The van der Waals surface area contributed by atoms with Gasteiger partial charge in [-0.1, -0.05) is 11.3 Å². The maximum absolute atomic E-state index is 13.4. The monoisotopic (exact) mass is 270 g/mol. The highest BCUT2D eigenvalue weighted by atomic mass is 32.1. The van der Waals surface area contributed by atoms with Crippen LogP contribution in [0.15, 0.2) is 18.2 Å². The van der Waals surface area contributed by atoms with Crippen molar-refractivity contribution in [1.82, 2.24) is 4.98 Å². The quantitative estimate of drug-likeness (QED) is 0.899. The largest absolute Gasteiger partial charge is 0.477 e. The number of aryl methyl sites for hydroxylation is 1. The van der Waals surface area contributed by atoms with Crippen LogP contribution >= 0.6 is 11.3 Å². The number of nitrogens with zero attached hydrogens (tertiary/aromatic N) is 1. The zero-order valence-corrected chi connectivity index (χ0v) is 10.0. The number of anilines is 2. The number of aromatic carboxylic acids is 1. The van der Waals surface area contributed by atoms with Crippen LogP contribution in [0.25, 0.3) is 0 Å². The molecule has 0 saturated carbocycles. The number of benzene rings is 1. The summed E-state index contributed by atoms with van der Waals surface area (Å²) in [6.07, 6.45) is 0. The molecule has 1 aromatic heterocycles. The molecule has 0 spiro atoms. The normalized spacial score (nSPS) is 10.4. The predicted octanol–water partition coefficient (Wildman–Crippen LogP) is 3.17. The highest BCUT2D eigenvalue weighted by Gasteiger charge is 2.15. The molecule has 0 aliphatic rings. The Morgan fingerprint density at radius 2 is 2.17 bits per heavy atom. The van der Waals surface area contributed by atoms with Crippen molar-refractivity contribution in [3.05, 3.63) is 40.4 Å². The Labute approximate surface area is 105 Å². The molecule has 0 aliphatic heterocycles. The molecule has 7 heteroatoms. The smallest absolute Gasteiger partial charge is 0.347 e. The Morgan fingerprint density at radius 3 is 2.78 bits per heavy atom. The third-order valence-corrected chi connectivity index (χ3v) is 3.22. The van der Waals surface area contributed by atoms with E-state index in [9.17, 15) is 13.6 Å². The number of aromatic nitrogens is 1. The Morgan fingerprint density at radius 1 is 1.44 bits per heavy atom. The van der Waals surface area contributed by atoms with Gasteiger partial charge in [-0.25, -0.2) is 18.6 Å². The maximum Gasteiger partial charge on any atom is 0.347 e. The summed E-state index contributed by atoms with van der Waals surface area (Å²) in [4.78, 5) is 14.8. The average molecular weight is 270 g/mol. The van der Waals surface area contributed by atoms with E-state index in [1.807, 2.05) is 0 Å². The summed E-state index contributed by atoms with van der Waals surface area (Å²) in [5.41, 5.74) is 0.243. The number of nitrogens with one attached hydrogen (secondary N) is 1. The van der Waals surface area contributed by atoms with Crippen LogP contribution in [0.3, 0.4) is 0 Å². The molecule has 2 rings (SSSR count). The van der Waals surface area contributed by atoms with Crippen molar-refractivity contribution in [3.63, 3.8) is 0 Å². The second-order valence-electron chi connectivity index (χ2n) is 3.49. The minimum absolute atomic E-state index is 0.0642. The van der Waals surface area contributed by atoms with Crippen LogP contribution < -0.4 is 5.32 Å². The molecule has 1 heterocycles. The van der Waals surface area contributed by atoms with Gasteiger partial charge in [0.2, 0.25) is 0 Å². The summed E-state index contributed by atoms with van der Waals surface area (Å²) in [6.45, 7) is 1.53. The molecule has 2 aromatic rings. The molecule has 1 aromatic carbocycles. The molecule has 0 unspecified atom stereocenters. The first-order chi connectivity index (χ1) is 8.47. The van der Waals surface area contributed by atoms with Gasteiger partial charge in [-0.2, -0.15) is 0 Å². The molecule has 0 atom stereocenters. The van der Waals surface area contributed by atoms with Gasteiger partial charge >= 0.3 is 5.97 Å². The number of thiazole rings is 1. The number of hydrogen-bond acceptors (Lipinski definition) is 4. The molecule has 2 N–H and O–H groups in total. The first-order valence-corrected chi connectivity index (χ1v) is 5.72. The van der Waals surface area contributed by atoms with Crippen molar-refractivity contribution in [3.8, 4) is 0 Å². The van der Waals surface area contributed by atoms with Gasteiger partial charge in [0.25, 0.3) is 0 Å². The van der Waals surface area contributed by atoms with Gasteiger partial charge in [0.05, 0.1) is 11.4 Å². The maximum atomic E-state index is 13.4. The number of hydrogen-bond donors (Lipinski definition) is 2. The molecular weight excluding hydrogens is 262 g/mol. The van der Waals surface area contributed by atoms with Gasteiger partial charge in [0, 0.05) is 6.07 Å². The van der Waals surface area contributed by atoms with E-state index in [-0.39, 0.29) is 15.7 Å². The van der Waals surface area contributed by atoms with Crippen molar-refractivity contribution in [2.45, 2.75) is 6.92 Å². The van der Waals surface area contributed by atoms with Gasteiger partial charge in [-0.3, -0.25) is 0 Å². The van der Waals surface area contributed by atoms with Crippen LogP contribution in [0.4, 0.5) is 19.6 Å². The van der Waals surface area contributed by atoms with E-state index >= 15 is 0 Å². The topological polar surface area (TPSA) is 62.2 Å². The van der Waals surface area contributed by atoms with Gasteiger partial charge < -0.3 is 10.4 Å². The summed E-state index contributed by atoms with van der Waals surface area (Å²) in [7, 11) is 0. The zero-order chi connectivity index (χ0) is 13.3. The van der Waals surface area contributed by atoms with Crippen molar-refractivity contribution < 1.29 is 18.7 Å². The first kappa shape index (κ1) is 12.4. The molecule has 0 amide bonds. The average Bonchev–Trinajstić information content (AvgIpc) is 2.65. The number of carbonyl (C=O) groups is 1.